The third-order valence-electron chi connectivity index (χ3n) is 3.42. The first kappa shape index (κ1) is 14.4. The Morgan fingerprint density at radius 3 is 2.25 bits per heavy atom. The summed E-state index contributed by atoms with van der Waals surface area (Å²) in [6.07, 6.45) is 0.863. The fourth-order valence-corrected chi connectivity index (χ4v) is 2.23. The number of rotatable bonds is 6. The smallest absolute Gasteiger partial charge is 0.118 e. The molecule has 0 radical (unpaired) electrons. The number of ether oxygens (including phenoxy) is 1. The van der Waals surface area contributed by atoms with Gasteiger partial charge in [0.1, 0.15) is 5.75 Å². The van der Waals surface area contributed by atoms with Gasteiger partial charge in [-0.1, -0.05) is 30.3 Å². The molecule has 0 spiro atoms. The first-order chi connectivity index (χ1) is 9.65. The van der Waals surface area contributed by atoms with Gasteiger partial charge in [-0.2, -0.15) is 0 Å². The minimum absolute atomic E-state index is 0.171. The molecule has 2 aromatic carbocycles. The molecule has 3 N–H and O–H groups in total. The van der Waals surface area contributed by atoms with Crippen molar-refractivity contribution in [2.75, 3.05) is 19.0 Å². The van der Waals surface area contributed by atoms with Crippen LogP contribution in [-0.2, 0) is 6.42 Å². The minimum atomic E-state index is -0.171. The Bertz CT molecular complexity index is 524. The monoisotopic (exact) mass is 270 g/mol. The largest absolute Gasteiger partial charge is 0.497 e. The number of nitrogens with one attached hydrogen (secondary N) is 1. The summed E-state index contributed by atoms with van der Waals surface area (Å²) in [7, 11) is 1.68. The third-order valence-corrected chi connectivity index (χ3v) is 3.42. The standard InChI is InChI=1S/C17H22N2O/c1-17(13-18,19-15-6-4-3-5-7-15)12-14-8-10-16(20-2)11-9-14/h3-11,19H,12-13,18H2,1-2H3. The first-order valence-corrected chi connectivity index (χ1v) is 6.81. The maximum absolute atomic E-state index is 5.97. The summed E-state index contributed by atoms with van der Waals surface area (Å²) < 4.78 is 5.18. The second-order valence-electron chi connectivity index (χ2n) is 5.28. The highest BCUT2D eigenvalue weighted by Crippen LogP contribution is 2.20. The molecule has 0 bridgehead atoms. The van der Waals surface area contributed by atoms with E-state index in [9.17, 15) is 0 Å². The second-order valence-corrected chi connectivity index (χ2v) is 5.28. The van der Waals surface area contributed by atoms with Crippen molar-refractivity contribution >= 4 is 5.69 Å². The van der Waals surface area contributed by atoms with E-state index < -0.39 is 0 Å². The molecule has 2 aromatic rings. The van der Waals surface area contributed by atoms with Gasteiger partial charge < -0.3 is 15.8 Å². The van der Waals surface area contributed by atoms with Gasteiger partial charge in [0.15, 0.2) is 0 Å². The van der Waals surface area contributed by atoms with Crippen LogP contribution in [0.2, 0.25) is 0 Å². The van der Waals surface area contributed by atoms with Crippen molar-refractivity contribution in [3.05, 3.63) is 60.2 Å². The molecule has 2 rings (SSSR count). The zero-order valence-electron chi connectivity index (χ0n) is 12.1. The molecular weight excluding hydrogens is 248 g/mol. The van der Waals surface area contributed by atoms with Gasteiger partial charge in [0.2, 0.25) is 0 Å². The van der Waals surface area contributed by atoms with Crippen molar-refractivity contribution in [1.29, 1.82) is 0 Å². The molecule has 0 aliphatic rings. The van der Waals surface area contributed by atoms with Gasteiger partial charge in [0.05, 0.1) is 12.6 Å². The summed E-state index contributed by atoms with van der Waals surface area (Å²) in [4.78, 5) is 0. The lowest BCUT2D eigenvalue weighted by atomic mass is 9.92. The Morgan fingerprint density at radius 1 is 1.05 bits per heavy atom. The van der Waals surface area contributed by atoms with Crippen LogP contribution in [0.3, 0.4) is 0 Å². The lowest BCUT2D eigenvalue weighted by molar-refractivity contribution is 0.414. The summed E-state index contributed by atoms with van der Waals surface area (Å²) in [6, 6.07) is 18.3. The van der Waals surface area contributed by atoms with Crippen LogP contribution in [0.1, 0.15) is 12.5 Å². The van der Waals surface area contributed by atoms with E-state index >= 15 is 0 Å². The third kappa shape index (κ3) is 3.75. The van der Waals surface area contributed by atoms with Crippen LogP contribution < -0.4 is 15.8 Å². The molecule has 106 valence electrons. The molecule has 0 aromatic heterocycles. The maximum atomic E-state index is 5.97. The average Bonchev–Trinajstić information content (AvgIpc) is 2.49. The molecule has 3 nitrogen and oxygen atoms in total. The van der Waals surface area contributed by atoms with Crippen molar-refractivity contribution < 1.29 is 4.74 Å². The highest BCUT2D eigenvalue weighted by Gasteiger charge is 2.22. The Morgan fingerprint density at radius 2 is 1.70 bits per heavy atom. The van der Waals surface area contributed by atoms with Gasteiger partial charge in [0.25, 0.3) is 0 Å². The van der Waals surface area contributed by atoms with Crippen LogP contribution in [0.25, 0.3) is 0 Å². The van der Waals surface area contributed by atoms with E-state index in [-0.39, 0.29) is 5.54 Å². The lowest BCUT2D eigenvalue weighted by Crippen LogP contribution is -2.44. The van der Waals surface area contributed by atoms with Gasteiger partial charge in [-0.15, -0.1) is 0 Å². The van der Waals surface area contributed by atoms with E-state index in [1.54, 1.807) is 7.11 Å². The first-order valence-electron chi connectivity index (χ1n) is 6.81. The van der Waals surface area contributed by atoms with Crippen molar-refractivity contribution in [1.82, 2.24) is 0 Å². The Balaban J connectivity index is 2.09. The van der Waals surface area contributed by atoms with E-state index in [2.05, 4.69) is 36.5 Å². The Kier molecular flexibility index (Phi) is 4.64. The van der Waals surface area contributed by atoms with E-state index in [4.69, 9.17) is 10.5 Å². The lowest BCUT2D eigenvalue weighted by Gasteiger charge is -2.31. The van der Waals surface area contributed by atoms with Gasteiger partial charge in [-0.05, 0) is 43.2 Å². The molecule has 1 unspecified atom stereocenters. The van der Waals surface area contributed by atoms with Crippen molar-refractivity contribution in [3.63, 3.8) is 0 Å². The summed E-state index contributed by atoms with van der Waals surface area (Å²) >= 11 is 0. The molecule has 0 amide bonds. The Hall–Kier alpha value is -2.00. The summed E-state index contributed by atoms with van der Waals surface area (Å²) in [6.45, 7) is 2.71. The Labute approximate surface area is 120 Å². The predicted molar refractivity (Wildman–Crippen MR) is 84.2 cm³/mol. The molecule has 0 saturated carbocycles. The van der Waals surface area contributed by atoms with Crippen LogP contribution in [0, 0.1) is 0 Å². The highest BCUT2D eigenvalue weighted by atomic mass is 16.5. The summed E-state index contributed by atoms with van der Waals surface area (Å²) in [5.74, 6) is 0.874. The van der Waals surface area contributed by atoms with Crippen LogP contribution in [0.5, 0.6) is 5.75 Å². The van der Waals surface area contributed by atoms with Crippen molar-refractivity contribution in [2.24, 2.45) is 5.73 Å². The van der Waals surface area contributed by atoms with E-state index in [0.717, 1.165) is 17.9 Å². The molecule has 0 saturated heterocycles. The molecule has 1 atom stereocenters. The van der Waals surface area contributed by atoms with E-state index in [1.807, 2.05) is 30.3 Å². The predicted octanol–water partition coefficient (Wildman–Crippen LogP) is 3.07. The van der Waals surface area contributed by atoms with E-state index in [1.165, 1.54) is 5.56 Å². The molecular formula is C17H22N2O. The minimum Gasteiger partial charge on any atom is -0.497 e. The van der Waals surface area contributed by atoms with Gasteiger partial charge in [-0.3, -0.25) is 0 Å². The van der Waals surface area contributed by atoms with Gasteiger partial charge in [0, 0.05) is 12.2 Å². The molecule has 20 heavy (non-hydrogen) atoms. The molecule has 0 fully saturated rings. The number of hydrogen-bond donors (Lipinski definition) is 2. The topological polar surface area (TPSA) is 47.3 Å². The van der Waals surface area contributed by atoms with Gasteiger partial charge in [-0.25, -0.2) is 0 Å². The number of benzene rings is 2. The maximum Gasteiger partial charge on any atom is 0.118 e. The zero-order chi connectivity index (χ0) is 14.4. The number of methoxy groups -OCH3 is 1. The zero-order valence-corrected chi connectivity index (χ0v) is 12.1. The van der Waals surface area contributed by atoms with Crippen LogP contribution in [-0.4, -0.2) is 19.2 Å². The average molecular weight is 270 g/mol. The SMILES string of the molecule is COc1ccc(CC(C)(CN)Nc2ccccc2)cc1. The number of hydrogen-bond acceptors (Lipinski definition) is 3. The molecule has 3 heteroatoms. The summed E-state index contributed by atoms with van der Waals surface area (Å²) in [5.41, 5.74) is 8.13. The van der Waals surface area contributed by atoms with Crippen LogP contribution in [0.4, 0.5) is 5.69 Å². The molecule has 0 aliphatic carbocycles. The fourth-order valence-electron chi connectivity index (χ4n) is 2.23. The number of anilines is 1. The quantitative estimate of drug-likeness (QED) is 0.848. The van der Waals surface area contributed by atoms with Gasteiger partial charge >= 0.3 is 0 Å². The number of nitrogens with two attached hydrogens (primary N) is 1. The van der Waals surface area contributed by atoms with E-state index in [0.29, 0.717) is 6.54 Å². The fraction of sp³-hybridized carbons (Fsp3) is 0.294. The molecule has 0 heterocycles. The normalized spacial score (nSPS) is 13.6. The second kappa shape index (κ2) is 6.44. The molecule has 0 aliphatic heterocycles. The van der Waals surface area contributed by atoms with Crippen LogP contribution in [0.15, 0.2) is 54.6 Å². The number of para-hydroxylation sites is 1. The summed E-state index contributed by atoms with van der Waals surface area (Å²) in [5, 5.41) is 3.53. The van der Waals surface area contributed by atoms with Crippen molar-refractivity contribution in [2.45, 2.75) is 18.9 Å². The highest BCUT2D eigenvalue weighted by molar-refractivity contribution is 5.45. The van der Waals surface area contributed by atoms with Crippen molar-refractivity contribution in [3.8, 4) is 5.75 Å². The van der Waals surface area contributed by atoms with Crippen LogP contribution >= 0.6 is 0 Å².